The van der Waals surface area contributed by atoms with Crippen LogP contribution in [0, 0.1) is 3.57 Å². The normalized spacial score (nSPS) is 16.0. The number of rotatable bonds is 3. The number of furan rings is 1. The summed E-state index contributed by atoms with van der Waals surface area (Å²) in [7, 11) is 0. The maximum atomic E-state index is 12.4. The molecule has 1 aliphatic rings. The van der Waals surface area contributed by atoms with Gasteiger partial charge in [-0.05, 0) is 65.1 Å². The first-order valence-corrected chi connectivity index (χ1v) is 7.49. The molecule has 0 radical (unpaired) electrons. The van der Waals surface area contributed by atoms with Crippen molar-refractivity contribution in [2.75, 3.05) is 5.01 Å². The number of anilines is 1. The lowest BCUT2D eigenvalue weighted by Gasteiger charge is -2.14. The summed E-state index contributed by atoms with van der Waals surface area (Å²) >= 11 is 2.13. The number of hydrogen-bond acceptors (Lipinski definition) is 4. The predicted molar refractivity (Wildman–Crippen MR) is 88.4 cm³/mol. The summed E-state index contributed by atoms with van der Waals surface area (Å²) in [6, 6.07) is 9.66. The molecule has 7 nitrogen and oxygen atoms in total. The highest BCUT2D eigenvalue weighted by atomic mass is 127. The Morgan fingerprint density at radius 3 is 2.48 bits per heavy atom. The minimum atomic E-state index is -1.22. The summed E-state index contributed by atoms with van der Waals surface area (Å²) in [6.07, 6.45) is 1.22. The highest BCUT2D eigenvalue weighted by Crippen LogP contribution is 2.22. The number of hydrogen-bond donors (Lipinski definition) is 2. The Hall–Kier alpha value is -2.62. The summed E-state index contributed by atoms with van der Waals surface area (Å²) in [5.74, 6) is -2.49. The molecule has 2 heterocycles. The average Bonchev–Trinajstić information content (AvgIpc) is 3.09. The number of aromatic carboxylic acids is 1. The Balaban J connectivity index is 1.90. The van der Waals surface area contributed by atoms with Gasteiger partial charge in [0.15, 0.2) is 0 Å². The van der Waals surface area contributed by atoms with E-state index in [9.17, 15) is 14.4 Å². The molecule has 0 saturated carbocycles. The van der Waals surface area contributed by atoms with Gasteiger partial charge in [0.2, 0.25) is 5.76 Å². The van der Waals surface area contributed by atoms with Crippen LogP contribution in [-0.4, -0.2) is 22.9 Å². The zero-order valence-corrected chi connectivity index (χ0v) is 13.6. The highest BCUT2D eigenvalue weighted by molar-refractivity contribution is 14.1. The van der Waals surface area contributed by atoms with Crippen molar-refractivity contribution in [1.29, 1.82) is 0 Å². The fourth-order valence-electron chi connectivity index (χ4n) is 2.02. The number of halogens is 1. The van der Waals surface area contributed by atoms with E-state index in [0.717, 1.165) is 8.58 Å². The van der Waals surface area contributed by atoms with E-state index in [1.807, 2.05) is 12.1 Å². The molecule has 2 aromatic rings. The Kier molecular flexibility index (Phi) is 3.90. The Morgan fingerprint density at radius 2 is 1.87 bits per heavy atom. The van der Waals surface area contributed by atoms with Crippen LogP contribution in [-0.2, 0) is 9.59 Å². The van der Waals surface area contributed by atoms with Gasteiger partial charge in [0.05, 0.1) is 5.69 Å². The Labute approximate surface area is 143 Å². The number of hydrazine groups is 1. The van der Waals surface area contributed by atoms with E-state index in [-0.39, 0.29) is 17.1 Å². The van der Waals surface area contributed by atoms with Gasteiger partial charge in [0.25, 0.3) is 11.8 Å². The molecule has 0 bridgehead atoms. The van der Waals surface area contributed by atoms with Crippen LogP contribution in [0.2, 0.25) is 0 Å². The number of carboxylic acids is 1. The second-order valence-electron chi connectivity index (χ2n) is 4.62. The molecular formula is C15H9IN2O5. The fourth-order valence-corrected chi connectivity index (χ4v) is 2.38. The molecular weight excluding hydrogens is 415 g/mol. The van der Waals surface area contributed by atoms with Crippen molar-refractivity contribution in [1.82, 2.24) is 5.43 Å². The van der Waals surface area contributed by atoms with E-state index in [1.165, 1.54) is 18.2 Å². The number of benzene rings is 1. The minimum Gasteiger partial charge on any atom is -0.475 e. The molecule has 0 atom stereocenters. The largest absolute Gasteiger partial charge is 0.475 e. The zero-order chi connectivity index (χ0) is 16.6. The first-order valence-electron chi connectivity index (χ1n) is 6.41. The molecule has 2 N–H and O–H groups in total. The van der Waals surface area contributed by atoms with Crippen LogP contribution in [0.1, 0.15) is 16.3 Å². The van der Waals surface area contributed by atoms with Gasteiger partial charge >= 0.3 is 5.97 Å². The number of carboxylic acid groups (broad SMARTS) is 1. The van der Waals surface area contributed by atoms with E-state index in [2.05, 4.69) is 28.0 Å². The molecule has 2 amide bonds. The van der Waals surface area contributed by atoms with E-state index in [4.69, 9.17) is 9.52 Å². The Bertz CT molecular complexity index is 838. The second-order valence-corrected chi connectivity index (χ2v) is 5.87. The van der Waals surface area contributed by atoms with Crippen LogP contribution in [0.25, 0.3) is 6.08 Å². The van der Waals surface area contributed by atoms with Gasteiger partial charge in [0, 0.05) is 3.57 Å². The van der Waals surface area contributed by atoms with Gasteiger partial charge < -0.3 is 9.52 Å². The summed E-state index contributed by atoms with van der Waals surface area (Å²) in [4.78, 5) is 35.1. The number of carbonyl (C=O) groups excluding carboxylic acids is 2. The van der Waals surface area contributed by atoms with E-state index < -0.39 is 17.8 Å². The fraction of sp³-hybridized carbons (Fsp3) is 0. The third kappa shape index (κ3) is 2.97. The third-order valence-corrected chi connectivity index (χ3v) is 3.82. The van der Waals surface area contributed by atoms with Crippen molar-refractivity contribution in [3.05, 3.63) is 57.1 Å². The molecule has 1 saturated heterocycles. The van der Waals surface area contributed by atoms with Gasteiger partial charge in [-0.25, -0.2) is 9.80 Å². The maximum absolute atomic E-state index is 12.4. The number of nitrogens with zero attached hydrogens (tertiary/aromatic N) is 1. The summed E-state index contributed by atoms with van der Waals surface area (Å²) in [5, 5.41) is 9.94. The van der Waals surface area contributed by atoms with E-state index in [1.54, 1.807) is 12.1 Å². The standard InChI is InChI=1S/C15H9IN2O5/c16-8-1-3-9(4-2-8)18-14(20)11(13(19)17-18)7-10-5-6-12(23-10)15(21)22/h1-7H,(H,17,19)(H,21,22)/b11-7-. The number of nitrogens with one attached hydrogen (secondary N) is 1. The van der Waals surface area contributed by atoms with Crippen molar-refractivity contribution in [2.24, 2.45) is 0 Å². The number of amides is 2. The molecule has 116 valence electrons. The van der Waals surface area contributed by atoms with Crippen molar-refractivity contribution in [3.8, 4) is 0 Å². The van der Waals surface area contributed by atoms with Crippen molar-refractivity contribution in [2.45, 2.75) is 0 Å². The molecule has 8 heteroatoms. The molecule has 1 aromatic carbocycles. The molecule has 23 heavy (non-hydrogen) atoms. The predicted octanol–water partition coefficient (Wildman–Crippen LogP) is 2.04. The van der Waals surface area contributed by atoms with Gasteiger partial charge in [-0.2, -0.15) is 0 Å². The van der Waals surface area contributed by atoms with Crippen molar-refractivity contribution >= 4 is 52.1 Å². The van der Waals surface area contributed by atoms with Gasteiger partial charge in [-0.3, -0.25) is 15.0 Å². The van der Waals surface area contributed by atoms with Crippen LogP contribution in [0.15, 0.2) is 46.4 Å². The lowest BCUT2D eigenvalue weighted by molar-refractivity contribution is -0.117. The van der Waals surface area contributed by atoms with Crippen LogP contribution in [0.4, 0.5) is 5.69 Å². The average molecular weight is 424 g/mol. The topological polar surface area (TPSA) is 99.9 Å². The van der Waals surface area contributed by atoms with E-state index >= 15 is 0 Å². The Morgan fingerprint density at radius 1 is 1.17 bits per heavy atom. The number of carbonyl (C=O) groups is 3. The van der Waals surface area contributed by atoms with Crippen molar-refractivity contribution in [3.63, 3.8) is 0 Å². The molecule has 0 aliphatic carbocycles. The smallest absolute Gasteiger partial charge is 0.371 e. The van der Waals surface area contributed by atoms with E-state index in [0.29, 0.717) is 5.69 Å². The lowest BCUT2D eigenvalue weighted by Crippen LogP contribution is -2.35. The minimum absolute atomic E-state index is 0.116. The molecule has 3 rings (SSSR count). The van der Waals surface area contributed by atoms with Crippen LogP contribution < -0.4 is 10.4 Å². The maximum Gasteiger partial charge on any atom is 0.371 e. The first kappa shape index (κ1) is 15.3. The lowest BCUT2D eigenvalue weighted by atomic mass is 10.2. The molecule has 0 spiro atoms. The van der Waals surface area contributed by atoms with Crippen LogP contribution >= 0.6 is 22.6 Å². The second kappa shape index (κ2) is 5.88. The first-order chi connectivity index (χ1) is 11.0. The third-order valence-electron chi connectivity index (χ3n) is 3.10. The summed E-state index contributed by atoms with van der Waals surface area (Å²) in [6.45, 7) is 0. The van der Waals surface area contributed by atoms with Gasteiger partial charge in [-0.15, -0.1) is 0 Å². The summed E-state index contributed by atoms with van der Waals surface area (Å²) < 4.78 is 6.03. The summed E-state index contributed by atoms with van der Waals surface area (Å²) in [5.41, 5.74) is 2.85. The SMILES string of the molecule is O=C1NN(c2ccc(I)cc2)C(=O)/C1=C\c1ccc(C(=O)O)o1. The van der Waals surface area contributed by atoms with Gasteiger partial charge in [0.1, 0.15) is 11.3 Å². The molecule has 1 fully saturated rings. The quantitative estimate of drug-likeness (QED) is 0.447. The van der Waals surface area contributed by atoms with Gasteiger partial charge in [-0.1, -0.05) is 0 Å². The van der Waals surface area contributed by atoms with Crippen molar-refractivity contribution < 1.29 is 23.9 Å². The molecule has 1 aromatic heterocycles. The zero-order valence-electron chi connectivity index (χ0n) is 11.4. The van der Waals surface area contributed by atoms with Crippen LogP contribution in [0.5, 0.6) is 0 Å². The molecule has 0 unspecified atom stereocenters. The monoisotopic (exact) mass is 424 g/mol. The van der Waals surface area contributed by atoms with Crippen LogP contribution in [0.3, 0.4) is 0 Å². The highest BCUT2D eigenvalue weighted by Gasteiger charge is 2.34. The molecule has 1 aliphatic heterocycles.